The molecule has 0 aliphatic carbocycles. The molecule has 1 heterocycles. The number of rotatable bonds is 8. The lowest BCUT2D eigenvalue weighted by atomic mass is 9.79. The minimum atomic E-state index is -0.00126. The van der Waals surface area contributed by atoms with Gasteiger partial charge in [0.2, 0.25) is 0 Å². The average Bonchev–Trinajstić information content (AvgIpc) is 2.50. The van der Waals surface area contributed by atoms with Crippen LogP contribution in [0.25, 0.3) is 0 Å². The lowest BCUT2D eigenvalue weighted by Gasteiger charge is -2.48. The molecule has 0 spiro atoms. The molecule has 1 rings (SSSR count). The Labute approximate surface area is 134 Å². The maximum atomic E-state index is 6.14. The van der Waals surface area contributed by atoms with Crippen LogP contribution in [0.4, 0.5) is 5.82 Å². The van der Waals surface area contributed by atoms with Gasteiger partial charge in [0.05, 0.1) is 11.1 Å². The summed E-state index contributed by atoms with van der Waals surface area (Å²) in [5.74, 6) is 0.553. The molecular formula is C16H29ClN4. The predicted molar refractivity (Wildman–Crippen MR) is 91.7 cm³/mol. The number of anilines is 1. The topological polar surface area (TPSA) is 54.2 Å². The van der Waals surface area contributed by atoms with Gasteiger partial charge in [-0.05, 0) is 39.0 Å². The van der Waals surface area contributed by atoms with Gasteiger partial charge in [0, 0.05) is 17.3 Å². The fourth-order valence-corrected chi connectivity index (χ4v) is 3.72. The van der Waals surface area contributed by atoms with Gasteiger partial charge in [0.25, 0.3) is 0 Å². The van der Waals surface area contributed by atoms with Gasteiger partial charge in [-0.2, -0.15) is 0 Å². The van der Waals surface area contributed by atoms with Crippen molar-refractivity contribution >= 4 is 17.4 Å². The molecule has 1 atom stereocenters. The van der Waals surface area contributed by atoms with Gasteiger partial charge in [-0.1, -0.05) is 39.3 Å². The van der Waals surface area contributed by atoms with E-state index in [1.807, 2.05) is 13.1 Å². The molecule has 0 saturated carbocycles. The van der Waals surface area contributed by atoms with Gasteiger partial charge in [-0.25, -0.2) is 4.98 Å². The maximum absolute atomic E-state index is 6.14. The van der Waals surface area contributed by atoms with E-state index in [0.29, 0.717) is 10.8 Å². The Hall–Kier alpha value is -0.840. The summed E-state index contributed by atoms with van der Waals surface area (Å²) < 4.78 is 0. The molecule has 21 heavy (non-hydrogen) atoms. The van der Waals surface area contributed by atoms with Gasteiger partial charge in [-0.3, -0.25) is 4.90 Å². The summed E-state index contributed by atoms with van der Waals surface area (Å²) in [5.41, 5.74) is 7.11. The van der Waals surface area contributed by atoms with Crippen molar-refractivity contribution in [3.05, 3.63) is 22.8 Å². The molecule has 4 nitrogen and oxygen atoms in total. The van der Waals surface area contributed by atoms with Crippen molar-refractivity contribution in [1.82, 2.24) is 15.2 Å². The number of hydrogen-bond donors (Lipinski definition) is 2. The number of nitrogens with two attached hydrogens (primary N) is 1. The van der Waals surface area contributed by atoms with Crippen LogP contribution in [0.3, 0.4) is 0 Å². The van der Waals surface area contributed by atoms with E-state index in [-0.39, 0.29) is 11.6 Å². The number of nitrogens with zero attached hydrogens (tertiary/aromatic N) is 2. The highest BCUT2D eigenvalue weighted by molar-refractivity contribution is 6.30. The van der Waals surface area contributed by atoms with Gasteiger partial charge < -0.3 is 11.1 Å². The third-order valence-electron chi connectivity index (χ3n) is 4.67. The van der Waals surface area contributed by atoms with Crippen LogP contribution in [0, 0.1) is 0 Å². The van der Waals surface area contributed by atoms with Crippen molar-refractivity contribution in [2.24, 2.45) is 0 Å². The second-order valence-corrected chi connectivity index (χ2v) is 5.77. The summed E-state index contributed by atoms with van der Waals surface area (Å²) in [7, 11) is 1.98. The molecule has 0 fully saturated rings. The molecule has 5 heteroatoms. The zero-order chi connectivity index (χ0) is 16.0. The molecule has 120 valence electrons. The molecular weight excluding hydrogens is 284 g/mol. The third-order valence-corrected chi connectivity index (χ3v) is 4.88. The molecule has 1 unspecified atom stereocenters. The number of pyridine rings is 1. The molecule has 0 bridgehead atoms. The summed E-state index contributed by atoms with van der Waals surface area (Å²) in [4.78, 5) is 6.74. The molecule has 3 N–H and O–H groups in total. The minimum absolute atomic E-state index is 0.00126. The van der Waals surface area contributed by atoms with Gasteiger partial charge in [0.1, 0.15) is 5.82 Å². The summed E-state index contributed by atoms with van der Waals surface area (Å²) in [6.45, 7) is 10.9. The Bertz CT molecular complexity index is 442. The molecule has 0 aromatic carbocycles. The Morgan fingerprint density at radius 2 is 1.86 bits per heavy atom. The lowest BCUT2D eigenvalue weighted by Crippen LogP contribution is -2.55. The van der Waals surface area contributed by atoms with Gasteiger partial charge >= 0.3 is 0 Å². The van der Waals surface area contributed by atoms with Crippen LogP contribution in [0.1, 0.15) is 52.1 Å². The zero-order valence-corrected chi connectivity index (χ0v) is 14.7. The number of aromatic nitrogens is 1. The van der Waals surface area contributed by atoms with E-state index in [9.17, 15) is 0 Å². The Morgan fingerprint density at radius 3 is 2.29 bits per heavy atom. The van der Waals surface area contributed by atoms with Crippen molar-refractivity contribution in [2.45, 2.75) is 52.1 Å². The standard InChI is InChI=1S/C16H29ClN4/c1-6-16(7-2,21(8-3)9-4)14(19-5)13-10-12(17)11-20-15(13)18/h10-11,14,19H,6-9H2,1-5H3,(H2,18,20). The fourth-order valence-electron chi connectivity index (χ4n) is 3.55. The molecule has 1 aromatic heterocycles. The molecule has 0 saturated heterocycles. The average molecular weight is 313 g/mol. The van der Waals surface area contributed by atoms with Crippen LogP contribution >= 0.6 is 11.6 Å². The van der Waals surface area contributed by atoms with E-state index >= 15 is 0 Å². The number of nitrogen functional groups attached to an aromatic ring is 1. The molecule has 0 aliphatic rings. The number of likely N-dealkylation sites (N-methyl/N-ethyl adjacent to an activating group) is 2. The molecule has 0 amide bonds. The van der Waals surface area contributed by atoms with Crippen molar-refractivity contribution in [1.29, 1.82) is 0 Å². The van der Waals surface area contributed by atoms with Crippen LogP contribution in [-0.4, -0.2) is 35.6 Å². The van der Waals surface area contributed by atoms with Crippen LogP contribution in [0.5, 0.6) is 0 Å². The second kappa shape index (κ2) is 7.97. The third kappa shape index (κ3) is 3.50. The number of hydrogen-bond acceptors (Lipinski definition) is 4. The van der Waals surface area contributed by atoms with Crippen LogP contribution in [-0.2, 0) is 0 Å². The van der Waals surface area contributed by atoms with E-state index < -0.39 is 0 Å². The fraction of sp³-hybridized carbons (Fsp3) is 0.688. The monoisotopic (exact) mass is 312 g/mol. The van der Waals surface area contributed by atoms with Crippen LogP contribution in [0.2, 0.25) is 5.02 Å². The maximum Gasteiger partial charge on any atom is 0.128 e. The Kier molecular flexibility index (Phi) is 6.91. The summed E-state index contributed by atoms with van der Waals surface area (Å²) >= 11 is 6.14. The van der Waals surface area contributed by atoms with E-state index in [2.05, 4.69) is 42.9 Å². The Balaban J connectivity index is 3.40. The first kappa shape index (κ1) is 18.2. The normalized spacial score (nSPS) is 13.7. The van der Waals surface area contributed by atoms with Gasteiger partial charge in [-0.15, -0.1) is 0 Å². The summed E-state index contributed by atoms with van der Waals surface area (Å²) in [5, 5.41) is 4.08. The zero-order valence-electron chi connectivity index (χ0n) is 13.9. The first-order chi connectivity index (χ1) is 10.00. The van der Waals surface area contributed by atoms with Crippen molar-refractivity contribution in [2.75, 3.05) is 25.9 Å². The number of nitrogens with one attached hydrogen (secondary N) is 1. The first-order valence-corrected chi connectivity index (χ1v) is 8.21. The number of halogens is 1. The molecule has 1 aromatic rings. The van der Waals surface area contributed by atoms with Crippen LogP contribution in [0.15, 0.2) is 12.3 Å². The van der Waals surface area contributed by atoms with E-state index in [0.717, 1.165) is 31.5 Å². The lowest BCUT2D eigenvalue weighted by molar-refractivity contribution is 0.0516. The van der Waals surface area contributed by atoms with E-state index in [4.69, 9.17) is 17.3 Å². The van der Waals surface area contributed by atoms with E-state index in [1.165, 1.54) is 0 Å². The molecule has 0 aliphatic heterocycles. The first-order valence-electron chi connectivity index (χ1n) is 7.83. The Morgan fingerprint density at radius 1 is 1.29 bits per heavy atom. The predicted octanol–water partition coefficient (Wildman–Crippen LogP) is 3.48. The highest BCUT2D eigenvalue weighted by Gasteiger charge is 2.41. The quantitative estimate of drug-likeness (QED) is 0.771. The summed E-state index contributed by atoms with van der Waals surface area (Å²) in [6, 6.07) is 2.04. The second-order valence-electron chi connectivity index (χ2n) is 5.33. The summed E-state index contributed by atoms with van der Waals surface area (Å²) in [6.07, 6.45) is 3.66. The van der Waals surface area contributed by atoms with Crippen LogP contribution < -0.4 is 11.1 Å². The minimum Gasteiger partial charge on any atom is -0.383 e. The highest BCUT2D eigenvalue weighted by atomic mass is 35.5. The highest BCUT2D eigenvalue weighted by Crippen LogP contribution is 2.39. The van der Waals surface area contributed by atoms with Crippen molar-refractivity contribution < 1.29 is 0 Å². The SMILES string of the molecule is CCN(CC)C(CC)(CC)C(NC)c1cc(Cl)cnc1N. The van der Waals surface area contributed by atoms with Crippen molar-refractivity contribution in [3.8, 4) is 0 Å². The van der Waals surface area contributed by atoms with Crippen molar-refractivity contribution in [3.63, 3.8) is 0 Å². The molecule has 0 radical (unpaired) electrons. The largest absolute Gasteiger partial charge is 0.383 e. The van der Waals surface area contributed by atoms with Gasteiger partial charge in [0.15, 0.2) is 0 Å². The van der Waals surface area contributed by atoms with E-state index in [1.54, 1.807) is 6.20 Å². The smallest absolute Gasteiger partial charge is 0.128 e.